The summed E-state index contributed by atoms with van der Waals surface area (Å²) in [5.41, 5.74) is 1.19. The minimum Gasteiger partial charge on any atom is -0.485 e. The Labute approximate surface area is 124 Å². The van der Waals surface area contributed by atoms with Gasteiger partial charge in [-0.15, -0.1) is 0 Å². The van der Waals surface area contributed by atoms with Gasteiger partial charge in [-0.05, 0) is 24.2 Å². The van der Waals surface area contributed by atoms with Gasteiger partial charge in [0.2, 0.25) is 11.7 Å². The third-order valence-corrected chi connectivity index (χ3v) is 3.13. The van der Waals surface area contributed by atoms with E-state index in [1.807, 2.05) is 24.3 Å². The van der Waals surface area contributed by atoms with Gasteiger partial charge in [0.05, 0.1) is 6.61 Å². The molecule has 0 fully saturated rings. The van der Waals surface area contributed by atoms with Gasteiger partial charge in [-0.2, -0.15) is 4.98 Å². The minimum atomic E-state index is 0.180. The Balaban J connectivity index is 1.86. The predicted molar refractivity (Wildman–Crippen MR) is 77.8 cm³/mol. The number of hydrogen-bond donors (Lipinski definition) is 1. The monoisotopic (exact) mass is 291 g/mol. The molecule has 0 spiro atoms. The molecule has 1 N–H and O–H groups in total. The fourth-order valence-electron chi connectivity index (χ4n) is 1.99. The Morgan fingerprint density at radius 3 is 2.62 bits per heavy atom. The number of benzene rings is 1. The number of nitrogens with zero attached hydrogens (tertiary/aromatic N) is 3. The van der Waals surface area contributed by atoms with Crippen LogP contribution in [0.15, 0.2) is 28.8 Å². The van der Waals surface area contributed by atoms with Crippen molar-refractivity contribution in [3.05, 3.63) is 41.5 Å². The van der Waals surface area contributed by atoms with Crippen molar-refractivity contribution >= 4 is 0 Å². The molecule has 0 radical (unpaired) electrons. The lowest BCUT2D eigenvalue weighted by Crippen LogP contribution is -2.25. The number of likely N-dealkylation sites (N-methyl/N-ethyl adjacent to an activating group) is 1. The van der Waals surface area contributed by atoms with E-state index in [1.165, 1.54) is 5.56 Å². The van der Waals surface area contributed by atoms with Crippen LogP contribution < -0.4 is 4.74 Å². The third kappa shape index (κ3) is 4.84. The van der Waals surface area contributed by atoms with Crippen LogP contribution >= 0.6 is 0 Å². The first-order chi connectivity index (χ1) is 10.2. The smallest absolute Gasteiger partial charge is 0.223 e. The number of aromatic nitrogens is 2. The molecule has 0 unspecified atom stereocenters. The molecular weight excluding hydrogens is 270 g/mol. The SMILES string of the molecule is CCN(CCO)Cc1ccc(OCc2noc(C)n2)cc1. The van der Waals surface area contributed by atoms with Crippen molar-refractivity contribution in [3.8, 4) is 5.75 Å². The number of aliphatic hydroxyl groups excluding tert-OH is 1. The molecule has 2 rings (SSSR count). The topological polar surface area (TPSA) is 71.6 Å². The van der Waals surface area contributed by atoms with Crippen LogP contribution in [0.5, 0.6) is 5.75 Å². The lowest BCUT2D eigenvalue weighted by Gasteiger charge is -2.19. The first-order valence-corrected chi connectivity index (χ1v) is 7.05. The van der Waals surface area contributed by atoms with Crippen molar-refractivity contribution in [2.45, 2.75) is 27.0 Å². The quantitative estimate of drug-likeness (QED) is 0.799. The van der Waals surface area contributed by atoms with Crippen LogP contribution in [-0.4, -0.2) is 39.8 Å². The van der Waals surface area contributed by atoms with Gasteiger partial charge in [-0.1, -0.05) is 24.2 Å². The molecule has 1 aromatic carbocycles. The maximum Gasteiger partial charge on any atom is 0.223 e. The van der Waals surface area contributed by atoms with Crippen LogP contribution in [0.1, 0.15) is 24.2 Å². The summed E-state index contributed by atoms with van der Waals surface area (Å²) in [6, 6.07) is 7.90. The highest BCUT2D eigenvalue weighted by Crippen LogP contribution is 2.15. The van der Waals surface area contributed by atoms with Gasteiger partial charge in [0.15, 0.2) is 6.61 Å². The summed E-state index contributed by atoms with van der Waals surface area (Å²) in [4.78, 5) is 6.26. The van der Waals surface area contributed by atoms with E-state index in [9.17, 15) is 0 Å². The van der Waals surface area contributed by atoms with Crippen LogP contribution in [-0.2, 0) is 13.2 Å². The molecule has 2 aromatic rings. The summed E-state index contributed by atoms with van der Waals surface area (Å²) in [5.74, 6) is 1.84. The second-order valence-corrected chi connectivity index (χ2v) is 4.75. The zero-order valence-corrected chi connectivity index (χ0v) is 12.5. The first kappa shape index (κ1) is 15.5. The average molecular weight is 291 g/mol. The average Bonchev–Trinajstić information content (AvgIpc) is 2.91. The highest BCUT2D eigenvalue weighted by molar-refractivity contribution is 5.27. The van der Waals surface area contributed by atoms with Crippen LogP contribution in [0.4, 0.5) is 0 Å². The lowest BCUT2D eigenvalue weighted by molar-refractivity contribution is 0.196. The lowest BCUT2D eigenvalue weighted by atomic mass is 10.2. The van der Waals surface area contributed by atoms with Gasteiger partial charge in [0.1, 0.15) is 5.75 Å². The Morgan fingerprint density at radius 2 is 2.05 bits per heavy atom. The molecule has 21 heavy (non-hydrogen) atoms. The van der Waals surface area contributed by atoms with E-state index in [-0.39, 0.29) is 6.61 Å². The highest BCUT2D eigenvalue weighted by atomic mass is 16.5. The maximum atomic E-state index is 8.99. The summed E-state index contributed by atoms with van der Waals surface area (Å²) in [6.45, 7) is 6.72. The number of rotatable bonds is 8. The Kier molecular flexibility index (Phi) is 5.71. The summed E-state index contributed by atoms with van der Waals surface area (Å²) < 4.78 is 10.5. The summed E-state index contributed by atoms with van der Waals surface area (Å²) in [6.07, 6.45) is 0. The summed E-state index contributed by atoms with van der Waals surface area (Å²) in [5, 5.41) is 12.8. The van der Waals surface area contributed by atoms with Crippen molar-refractivity contribution in [3.63, 3.8) is 0 Å². The van der Waals surface area contributed by atoms with Crippen LogP contribution in [0.25, 0.3) is 0 Å². The summed E-state index contributed by atoms with van der Waals surface area (Å²) in [7, 11) is 0. The Hall–Kier alpha value is -1.92. The number of aliphatic hydroxyl groups is 1. The fourth-order valence-corrected chi connectivity index (χ4v) is 1.99. The minimum absolute atomic E-state index is 0.180. The van der Waals surface area contributed by atoms with E-state index in [1.54, 1.807) is 6.92 Å². The van der Waals surface area contributed by atoms with E-state index in [4.69, 9.17) is 14.4 Å². The van der Waals surface area contributed by atoms with E-state index in [0.29, 0.717) is 24.9 Å². The Morgan fingerprint density at radius 1 is 1.29 bits per heavy atom. The van der Waals surface area contributed by atoms with Crippen LogP contribution in [0.2, 0.25) is 0 Å². The van der Waals surface area contributed by atoms with Gasteiger partial charge < -0.3 is 14.4 Å². The maximum absolute atomic E-state index is 8.99. The highest BCUT2D eigenvalue weighted by Gasteiger charge is 2.05. The van der Waals surface area contributed by atoms with Crippen molar-refractivity contribution in [1.82, 2.24) is 15.0 Å². The molecule has 0 aliphatic carbocycles. The number of ether oxygens (including phenoxy) is 1. The molecule has 0 aliphatic rings. The van der Waals surface area contributed by atoms with Crippen molar-refractivity contribution in [1.29, 1.82) is 0 Å². The van der Waals surface area contributed by atoms with Gasteiger partial charge in [-0.25, -0.2) is 0 Å². The molecule has 0 saturated carbocycles. The van der Waals surface area contributed by atoms with Gasteiger partial charge in [-0.3, -0.25) is 4.90 Å². The van der Waals surface area contributed by atoms with Crippen molar-refractivity contribution in [2.75, 3.05) is 19.7 Å². The normalized spacial score (nSPS) is 11.0. The molecule has 114 valence electrons. The zero-order chi connectivity index (χ0) is 15.1. The van der Waals surface area contributed by atoms with E-state index < -0.39 is 0 Å². The first-order valence-electron chi connectivity index (χ1n) is 7.05. The van der Waals surface area contributed by atoms with E-state index in [0.717, 1.165) is 18.8 Å². The van der Waals surface area contributed by atoms with Gasteiger partial charge in [0, 0.05) is 20.0 Å². The second kappa shape index (κ2) is 7.75. The van der Waals surface area contributed by atoms with Crippen LogP contribution in [0, 0.1) is 6.92 Å². The van der Waals surface area contributed by atoms with Crippen molar-refractivity contribution < 1.29 is 14.4 Å². The third-order valence-electron chi connectivity index (χ3n) is 3.13. The zero-order valence-electron chi connectivity index (χ0n) is 12.5. The molecule has 6 heteroatoms. The molecule has 0 amide bonds. The van der Waals surface area contributed by atoms with Gasteiger partial charge in [0.25, 0.3) is 0 Å². The molecule has 1 heterocycles. The predicted octanol–water partition coefficient (Wildman–Crippen LogP) is 1.77. The number of aryl methyl sites for hydroxylation is 1. The largest absolute Gasteiger partial charge is 0.485 e. The molecule has 0 atom stereocenters. The molecular formula is C15H21N3O3. The molecule has 0 bridgehead atoms. The van der Waals surface area contributed by atoms with E-state index >= 15 is 0 Å². The fraction of sp³-hybridized carbons (Fsp3) is 0.467. The molecule has 0 saturated heterocycles. The van der Waals surface area contributed by atoms with Gasteiger partial charge >= 0.3 is 0 Å². The number of hydrogen-bond acceptors (Lipinski definition) is 6. The standard InChI is InChI=1S/C15H21N3O3/c1-3-18(8-9-19)10-13-4-6-14(7-5-13)20-11-15-16-12(2)21-17-15/h4-7,19H,3,8-11H2,1-2H3. The summed E-state index contributed by atoms with van der Waals surface area (Å²) >= 11 is 0. The molecule has 6 nitrogen and oxygen atoms in total. The van der Waals surface area contributed by atoms with Crippen LogP contribution in [0.3, 0.4) is 0 Å². The second-order valence-electron chi connectivity index (χ2n) is 4.75. The molecule has 1 aromatic heterocycles. The van der Waals surface area contributed by atoms with Crippen molar-refractivity contribution in [2.24, 2.45) is 0 Å². The van der Waals surface area contributed by atoms with E-state index in [2.05, 4.69) is 22.0 Å². The Bertz CT molecular complexity index is 539. The molecule has 0 aliphatic heterocycles.